The van der Waals surface area contributed by atoms with Gasteiger partial charge in [0.25, 0.3) is 0 Å². The third kappa shape index (κ3) is 4.23. The molecule has 1 saturated heterocycles. The molecule has 1 aliphatic rings. The highest BCUT2D eigenvalue weighted by Crippen LogP contribution is 2.24. The Morgan fingerprint density at radius 3 is 2.35 bits per heavy atom. The Balaban J connectivity index is 1.50. The summed E-state index contributed by atoms with van der Waals surface area (Å²) < 4.78 is 0. The summed E-state index contributed by atoms with van der Waals surface area (Å²) in [6.45, 7) is 4.70. The van der Waals surface area contributed by atoms with Crippen molar-refractivity contribution in [3.05, 3.63) is 59.7 Å². The predicted octanol–water partition coefficient (Wildman–Crippen LogP) is 2.25. The summed E-state index contributed by atoms with van der Waals surface area (Å²) in [6.07, 6.45) is 1.71. The fourth-order valence-electron chi connectivity index (χ4n) is 2.62. The number of aromatic hydroxyl groups is 2. The zero-order valence-electron chi connectivity index (χ0n) is 13.0. The molecule has 0 aromatic heterocycles. The molecule has 23 heavy (non-hydrogen) atoms. The quantitative estimate of drug-likeness (QED) is 0.672. The first-order valence-corrected chi connectivity index (χ1v) is 7.78. The van der Waals surface area contributed by atoms with Gasteiger partial charge in [0, 0.05) is 32.7 Å². The van der Waals surface area contributed by atoms with Gasteiger partial charge < -0.3 is 10.2 Å². The van der Waals surface area contributed by atoms with Gasteiger partial charge in [0.1, 0.15) is 0 Å². The van der Waals surface area contributed by atoms with Crippen molar-refractivity contribution < 1.29 is 10.2 Å². The number of piperazine rings is 1. The normalized spacial score (nSPS) is 16.1. The molecule has 5 nitrogen and oxygen atoms in total. The number of nitrogens with zero attached hydrogens (tertiary/aromatic N) is 3. The van der Waals surface area contributed by atoms with Crippen LogP contribution in [0.3, 0.4) is 0 Å². The fourth-order valence-corrected chi connectivity index (χ4v) is 2.62. The summed E-state index contributed by atoms with van der Waals surface area (Å²) in [6, 6.07) is 15.2. The second kappa shape index (κ2) is 7.15. The van der Waals surface area contributed by atoms with Crippen molar-refractivity contribution in [1.82, 2.24) is 9.91 Å². The third-order valence-corrected chi connectivity index (χ3v) is 3.97. The van der Waals surface area contributed by atoms with Crippen molar-refractivity contribution in [1.29, 1.82) is 0 Å². The van der Waals surface area contributed by atoms with Gasteiger partial charge in [-0.15, -0.1) is 0 Å². The number of phenolic OH excluding ortho intramolecular Hbond substituents is 2. The Morgan fingerprint density at radius 2 is 1.65 bits per heavy atom. The predicted molar refractivity (Wildman–Crippen MR) is 90.7 cm³/mol. The molecular formula is C18H21N3O2. The van der Waals surface area contributed by atoms with Crippen molar-refractivity contribution in [2.45, 2.75) is 6.54 Å². The Morgan fingerprint density at radius 1 is 0.913 bits per heavy atom. The van der Waals surface area contributed by atoms with E-state index < -0.39 is 0 Å². The molecule has 2 aromatic rings. The topological polar surface area (TPSA) is 59.3 Å². The molecule has 0 unspecified atom stereocenters. The highest BCUT2D eigenvalue weighted by atomic mass is 16.3. The second-order valence-corrected chi connectivity index (χ2v) is 5.71. The van der Waals surface area contributed by atoms with Gasteiger partial charge in [-0.2, -0.15) is 5.10 Å². The van der Waals surface area contributed by atoms with Crippen LogP contribution in [0.4, 0.5) is 0 Å². The minimum absolute atomic E-state index is 0.114. The third-order valence-electron chi connectivity index (χ3n) is 3.97. The Bertz CT molecular complexity index is 665. The van der Waals surface area contributed by atoms with Crippen LogP contribution in [0.5, 0.6) is 11.5 Å². The van der Waals surface area contributed by atoms with Crippen molar-refractivity contribution in [2.24, 2.45) is 5.10 Å². The minimum atomic E-state index is -0.123. The molecular weight excluding hydrogens is 290 g/mol. The van der Waals surface area contributed by atoms with Crippen LogP contribution < -0.4 is 0 Å². The molecule has 3 rings (SSSR count). The highest BCUT2D eigenvalue weighted by Gasteiger charge is 2.15. The maximum Gasteiger partial charge on any atom is 0.158 e. The summed E-state index contributed by atoms with van der Waals surface area (Å²) in [5, 5.41) is 25.3. The zero-order chi connectivity index (χ0) is 16.1. The molecule has 1 heterocycles. The second-order valence-electron chi connectivity index (χ2n) is 5.71. The van der Waals surface area contributed by atoms with Crippen LogP contribution in [-0.4, -0.2) is 52.5 Å². The van der Waals surface area contributed by atoms with E-state index in [1.54, 1.807) is 12.3 Å². The summed E-state index contributed by atoms with van der Waals surface area (Å²) >= 11 is 0. The molecule has 0 spiro atoms. The zero-order valence-corrected chi connectivity index (χ0v) is 13.0. The monoisotopic (exact) mass is 311 g/mol. The van der Waals surface area contributed by atoms with Gasteiger partial charge in [0.2, 0.25) is 0 Å². The van der Waals surface area contributed by atoms with Gasteiger partial charge in [0.15, 0.2) is 11.5 Å². The fraction of sp³-hybridized carbons (Fsp3) is 0.278. The molecule has 5 heteroatoms. The Labute approximate surface area is 136 Å². The number of phenols is 2. The molecule has 120 valence electrons. The van der Waals surface area contributed by atoms with Gasteiger partial charge in [-0.3, -0.25) is 9.91 Å². The van der Waals surface area contributed by atoms with E-state index in [4.69, 9.17) is 0 Å². The lowest BCUT2D eigenvalue weighted by molar-refractivity contribution is 0.131. The molecule has 1 fully saturated rings. The van der Waals surface area contributed by atoms with Gasteiger partial charge in [-0.1, -0.05) is 30.3 Å². The average Bonchev–Trinajstić information content (AvgIpc) is 2.58. The SMILES string of the molecule is Oc1ccc(/C=N/N2CCN(Cc3ccccc3)CC2)cc1O. The smallest absolute Gasteiger partial charge is 0.158 e. The van der Waals surface area contributed by atoms with Crippen molar-refractivity contribution in [3.8, 4) is 11.5 Å². The molecule has 0 bridgehead atoms. The van der Waals surface area contributed by atoms with E-state index in [0.29, 0.717) is 0 Å². The molecule has 0 amide bonds. The number of rotatable bonds is 4. The van der Waals surface area contributed by atoms with Crippen LogP contribution in [0.25, 0.3) is 0 Å². The summed E-state index contributed by atoms with van der Waals surface area (Å²) in [5.41, 5.74) is 2.11. The van der Waals surface area contributed by atoms with Crippen LogP contribution >= 0.6 is 0 Å². The van der Waals surface area contributed by atoms with Crippen LogP contribution in [-0.2, 0) is 6.54 Å². The molecule has 0 aliphatic carbocycles. The minimum Gasteiger partial charge on any atom is -0.504 e. The summed E-state index contributed by atoms with van der Waals surface area (Å²) in [7, 11) is 0. The Hall–Kier alpha value is -2.53. The van der Waals surface area contributed by atoms with Crippen LogP contribution in [0.15, 0.2) is 53.6 Å². The maximum atomic E-state index is 9.48. The number of hydrogen-bond donors (Lipinski definition) is 2. The Kier molecular flexibility index (Phi) is 4.78. The van der Waals surface area contributed by atoms with Gasteiger partial charge in [-0.25, -0.2) is 0 Å². The average molecular weight is 311 g/mol. The van der Waals surface area contributed by atoms with E-state index in [2.05, 4.69) is 34.3 Å². The largest absolute Gasteiger partial charge is 0.504 e. The van der Waals surface area contributed by atoms with Crippen molar-refractivity contribution in [2.75, 3.05) is 26.2 Å². The van der Waals surface area contributed by atoms with E-state index in [1.165, 1.54) is 17.7 Å². The lowest BCUT2D eigenvalue weighted by Gasteiger charge is -2.33. The van der Waals surface area contributed by atoms with E-state index in [-0.39, 0.29) is 11.5 Å². The van der Waals surface area contributed by atoms with Crippen LogP contribution in [0.1, 0.15) is 11.1 Å². The van der Waals surface area contributed by atoms with Gasteiger partial charge in [-0.05, 0) is 29.3 Å². The maximum absolute atomic E-state index is 9.48. The molecule has 0 atom stereocenters. The van der Waals surface area contributed by atoms with Gasteiger partial charge >= 0.3 is 0 Å². The summed E-state index contributed by atoms with van der Waals surface area (Å²) in [4.78, 5) is 2.42. The summed E-state index contributed by atoms with van der Waals surface area (Å²) in [5.74, 6) is -0.238. The first-order chi connectivity index (χ1) is 11.2. The lowest BCUT2D eigenvalue weighted by Crippen LogP contribution is -2.43. The number of hydrazone groups is 1. The van der Waals surface area contributed by atoms with E-state index >= 15 is 0 Å². The number of hydrogen-bond acceptors (Lipinski definition) is 5. The molecule has 1 aliphatic heterocycles. The first-order valence-electron chi connectivity index (χ1n) is 7.78. The lowest BCUT2D eigenvalue weighted by atomic mass is 10.2. The van der Waals surface area contributed by atoms with E-state index in [0.717, 1.165) is 38.3 Å². The highest BCUT2D eigenvalue weighted by molar-refractivity contribution is 5.80. The van der Waals surface area contributed by atoms with Crippen LogP contribution in [0.2, 0.25) is 0 Å². The molecule has 0 saturated carbocycles. The van der Waals surface area contributed by atoms with E-state index in [1.807, 2.05) is 11.1 Å². The first kappa shape index (κ1) is 15.4. The molecule has 2 aromatic carbocycles. The van der Waals surface area contributed by atoms with Crippen molar-refractivity contribution >= 4 is 6.21 Å². The number of benzene rings is 2. The molecule has 2 N–H and O–H groups in total. The van der Waals surface area contributed by atoms with Crippen molar-refractivity contribution in [3.63, 3.8) is 0 Å². The van der Waals surface area contributed by atoms with Crippen LogP contribution in [0, 0.1) is 0 Å². The van der Waals surface area contributed by atoms with E-state index in [9.17, 15) is 10.2 Å². The standard InChI is InChI=1S/C18H21N3O2/c22-17-7-6-16(12-18(17)23)13-19-21-10-8-20(9-11-21)14-15-4-2-1-3-5-15/h1-7,12-13,22-23H,8-11,14H2/b19-13+. The van der Waals surface area contributed by atoms with Gasteiger partial charge in [0.05, 0.1) is 6.21 Å². The molecule has 0 radical (unpaired) electrons.